The molecule has 106 valence electrons. The molecule has 7 heteroatoms. The molecule has 0 saturated heterocycles. The van der Waals surface area contributed by atoms with Gasteiger partial charge in [-0.3, -0.25) is 0 Å². The minimum Gasteiger partial charge on any atom is -0.337 e. The smallest absolute Gasteiger partial charge is 0.319 e. The lowest BCUT2D eigenvalue weighted by molar-refractivity contribution is 0.252. The first-order valence-corrected chi connectivity index (χ1v) is 7.83. The summed E-state index contributed by atoms with van der Waals surface area (Å²) < 4.78 is 22.5. The third-order valence-corrected chi connectivity index (χ3v) is 4.26. The molecule has 1 rings (SSSR count). The third-order valence-electron chi connectivity index (χ3n) is 2.56. The van der Waals surface area contributed by atoms with E-state index in [0.717, 1.165) is 5.56 Å². The van der Waals surface area contributed by atoms with Gasteiger partial charge in [0.05, 0.1) is 5.75 Å². The standard InChI is InChI=1S/C12H19N3O3S/c1-2-19(17,18)7-6-14-12(16)15-11-5-3-4-10(8-11)9-13/h3-5,8H,2,6-7,9,13H2,1H3,(H2,14,15,16). The number of carbonyl (C=O) groups is 1. The molecule has 6 nitrogen and oxygen atoms in total. The Morgan fingerprint density at radius 1 is 1.37 bits per heavy atom. The van der Waals surface area contributed by atoms with Crippen LogP contribution in [0.4, 0.5) is 10.5 Å². The predicted molar refractivity (Wildman–Crippen MR) is 75.7 cm³/mol. The van der Waals surface area contributed by atoms with Gasteiger partial charge in [0.15, 0.2) is 9.84 Å². The van der Waals surface area contributed by atoms with E-state index in [-0.39, 0.29) is 18.1 Å². The predicted octanol–water partition coefficient (Wildman–Crippen LogP) is 0.701. The number of hydrogen-bond donors (Lipinski definition) is 3. The topological polar surface area (TPSA) is 101 Å². The minimum absolute atomic E-state index is 0.0558. The molecule has 0 saturated carbocycles. The van der Waals surface area contributed by atoms with Crippen molar-refractivity contribution in [3.63, 3.8) is 0 Å². The lowest BCUT2D eigenvalue weighted by Crippen LogP contribution is -2.33. The van der Waals surface area contributed by atoms with Crippen LogP contribution >= 0.6 is 0 Å². The molecule has 1 aromatic carbocycles. The van der Waals surface area contributed by atoms with Crippen molar-refractivity contribution >= 4 is 21.6 Å². The molecule has 0 aliphatic rings. The van der Waals surface area contributed by atoms with Crippen LogP contribution in [0.25, 0.3) is 0 Å². The van der Waals surface area contributed by atoms with Gasteiger partial charge >= 0.3 is 6.03 Å². The molecule has 0 unspecified atom stereocenters. The Balaban J connectivity index is 2.43. The fourth-order valence-electron chi connectivity index (χ4n) is 1.42. The fraction of sp³-hybridized carbons (Fsp3) is 0.417. The summed E-state index contributed by atoms with van der Waals surface area (Å²) in [6.45, 7) is 2.07. The number of hydrogen-bond acceptors (Lipinski definition) is 4. The highest BCUT2D eigenvalue weighted by atomic mass is 32.2. The number of nitrogens with one attached hydrogen (secondary N) is 2. The Bertz CT molecular complexity index is 529. The van der Waals surface area contributed by atoms with Crippen molar-refractivity contribution in [2.75, 3.05) is 23.4 Å². The summed E-state index contributed by atoms with van der Waals surface area (Å²) in [5.41, 5.74) is 7.03. The molecular formula is C12H19N3O3S. The molecule has 0 spiro atoms. The molecule has 0 atom stereocenters. The van der Waals surface area contributed by atoms with Gasteiger partial charge in [0.25, 0.3) is 0 Å². The molecule has 0 radical (unpaired) electrons. The van der Waals surface area contributed by atoms with Crippen molar-refractivity contribution in [1.82, 2.24) is 5.32 Å². The van der Waals surface area contributed by atoms with Gasteiger partial charge in [-0.2, -0.15) is 0 Å². The number of anilines is 1. The quantitative estimate of drug-likeness (QED) is 0.716. The van der Waals surface area contributed by atoms with E-state index in [1.165, 1.54) is 0 Å². The SMILES string of the molecule is CCS(=O)(=O)CCNC(=O)Nc1cccc(CN)c1. The molecule has 0 aliphatic carbocycles. The van der Waals surface area contributed by atoms with Crippen molar-refractivity contribution in [3.8, 4) is 0 Å². The lowest BCUT2D eigenvalue weighted by atomic mass is 10.2. The fourth-order valence-corrected chi connectivity index (χ4v) is 2.12. The maximum absolute atomic E-state index is 11.5. The van der Waals surface area contributed by atoms with E-state index in [1.54, 1.807) is 25.1 Å². The highest BCUT2D eigenvalue weighted by Gasteiger charge is 2.08. The zero-order chi connectivity index (χ0) is 14.3. The number of sulfone groups is 1. The van der Waals surface area contributed by atoms with Gasteiger partial charge in [-0.15, -0.1) is 0 Å². The maximum atomic E-state index is 11.5. The molecule has 0 bridgehead atoms. The van der Waals surface area contributed by atoms with E-state index in [0.29, 0.717) is 12.2 Å². The molecule has 19 heavy (non-hydrogen) atoms. The number of nitrogens with two attached hydrogens (primary N) is 1. The molecule has 0 heterocycles. The van der Waals surface area contributed by atoms with E-state index < -0.39 is 15.9 Å². The van der Waals surface area contributed by atoms with Crippen LogP contribution in [0.5, 0.6) is 0 Å². The number of amides is 2. The van der Waals surface area contributed by atoms with Gasteiger partial charge in [-0.05, 0) is 17.7 Å². The summed E-state index contributed by atoms with van der Waals surface area (Å²) in [4.78, 5) is 11.5. The first-order chi connectivity index (χ1) is 8.96. The largest absolute Gasteiger partial charge is 0.337 e. The molecule has 4 N–H and O–H groups in total. The van der Waals surface area contributed by atoms with Gasteiger partial charge < -0.3 is 16.4 Å². The van der Waals surface area contributed by atoms with Crippen molar-refractivity contribution in [2.24, 2.45) is 5.73 Å². The van der Waals surface area contributed by atoms with Crippen LogP contribution in [0.1, 0.15) is 12.5 Å². The number of carbonyl (C=O) groups excluding carboxylic acids is 1. The van der Waals surface area contributed by atoms with Gasteiger partial charge in [0.1, 0.15) is 0 Å². The molecule has 0 aliphatic heterocycles. The Morgan fingerprint density at radius 2 is 2.11 bits per heavy atom. The van der Waals surface area contributed by atoms with E-state index in [4.69, 9.17) is 5.73 Å². The second-order valence-electron chi connectivity index (χ2n) is 4.02. The van der Waals surface area contributed by atoms with Crippen molar-refractivity contribution < 1.29 is 13.2 Å². The zero-order valence-corrected chi connectivity index (χ0v) is 11.7. The Kier molecular flexibility index (Phi) is 5.78. The van der Waals surface area contributed by atoms with Crippen LogP contribution in [0, 0.1) is 0 Å². The number of urea groups is 1. The highest BCUT2D eigenvalue weighted by molar-refractivity contribution is 7.91. The Labute approximate surface area is 113 Å². The molecule has 1 aromatic rings. The van der Waals surface area contributed by atoms with E-state index in [2.05, 4.69) is 10.6 Å². The summed E-state index contributed by atoms with van der Waals surface area (Å²) in [5, 5.41) is 5.12. The van der Waals surface area contributed by atoms with Crippen molar-refractivity contribution in [1.29, 1.82) is 0 Å². The van der Waals surface area contributed by atoms with E-state index in [1.807, 2.05) is 6.07 Å². The number of rotatable bonds is 6. The molecular weight excluding hydrogens is 266 g/mol. The second-order valence-corrected chi connectivity index (χ2v) is 6.49. The van der Waals surface area contributed by atoms with Crippen LogP contribution in [0.15, 0.2) is 24.3 Å². The van der Waals surface area contributed by atoms with Crippen LogP contribution in [0.3, 0.4) is 0 Å². The van der Waals surface area contributed by atoms with Crippen LogP contribution in [0.2, 0.25) is 0 Å². The normalized spacial score (nSPS) is 11.1. The lowest BCUT2D eigenvalue weighted by Gasteiger charge is -2.08. The van der Waals surface area contributed by atoms with Gasteiger partial charge in [0.2, 0.25) is 0 Å². The molecule has 0 fully saturated rings. The Morgan fingerprint density at radius 3 is 2.74 bits per heavy atom. The van der Waals surface area contributed by atoms with E-state index in [9.17, 15) is 13.2 Å². The van der Waals surface area contributed by atoms with Crippen molar-refractivity contribution in [3.05, 3.63) is 29.8 Å². The summed E-state index contributed by atoms with van der Waals surface area (Å²) in [6.07, 6.45) is 0. The third kappa shape index (κ3) is 5.71. The maximum Gasteiger partial charge on any atom is 0.319 e. The minimum atomic E-state index is -3.06. The summed E-state index contributed by atoms with van der Waals surface area (Å²) in [7, 11) is -3.06. The molecule has 2 amide bonds. The van der Waals surface area contributed by atoms with Gasteiger partial charge in [0, 0.05) is 24.5 Å². The van der Waals surface area contributed by atoms with Gasteiger partial charge in [-0.1, -0.05) is 19.1 Å². The van der Waals surface area contributed by atoms with Crippen LogP contribution in [-0.2, 0) is 16.4 Å². The second kappa shape index (κ2) is 7.10. The zero-order valence-electron chi connectivity index (χ0n) is 10.8. The Hall–Kier alpha value is -1.60. The average molecular weight is 285 g/mol. The summed E-state index contributed by atoms with van der Waals surface area (Å²) >= 11 is 0. The first-order valence-electron chi connectivity index (χ1n) is 6.01. The van der Waals surface area contributed by atoms with Gasteiger partial charge in [-0.25, -0.2) is 13.2 Å². The van der Waals surface area contributed by atoms with E-state index >= 15 is 0 Å². The van der Waals surface area contributed by atoms with Crippen molar-refractivity contribution in [2.45, 2.75) is 13.5 Å². The summed E-state index contributed by atoms with van der Waals surface area (Å²) in [6, 6.07) is 6.72. The number of benzene rings is 1. The monoisotopic (exact) mass is 285 g/mol. The average Bonchev–Trinajstić information content (AvgIpc) is 2.38. The highest BCUT2D eigenvalue weighted by Crippen LogP contribution is 2.09. The first kappa shape index (κ1) is 15.5. The summed E-state index contributed by atoms with van der Waals surface area (Å²) in [5.74, 6) is 0.0224. The van der Waals surface area contributed by atoms with Crippen LogP contribution in [-0.4, -0.2) is 32.5 Å². The molecule has 0 aromatic heterocycles. The van der Waals surface area contributed by atoms with Crippen LogP contribution < -0.4 is 16.4 Å².